The first kappa shape index (κ1) is 17.7. The van der Waals surface area contributed by atoms with E-state index in [2.05, 4.69) is 14.6 Å². The van der Waals surface area contributed by atoms with Gasteiger partial charge < -0.3 is 9.47 Å². The van der Waals surface area contributed by atoms with Crippen LogP contribution in [0.25, 0.3) is 0 Å². The Morgan fingerprint density at radius 2 is 2.20 bits per heavy atom. The van der Waals surface area contributed by atoms with Crippen molar-refractivity contribution in [2.75, 3.05) is 26.5 Å². The topological polar surface area (TPSA) is 51.7 Å². The SMILES string of the molecule is COC(=O)c1cc(CN2CCSc3cnc(OC)cc3C2)ccc1F. The lowest BCUT2D eigenvalue weighted by molar-refractivity contribution is 0.0595. The summed E-state index contributed by atoms with van der Waals surface area (Å²) in [6.45, 7) is 2.24. The van der Waals surface area contributed by atoms with Crippen molar-refractivity contribution in [1.82, 2.24) is 9.88 Å². The molecule has 1 aromatic carbocycles. The predicted octanol–water partition coefficient (Wildman–Crippen LogP) is 3.12. The summed E-state index contributed by atoms with van der Waals surface area (Å²) in [4.78, 5) is 19.3. The first-order chi connectivity index (χ1) is 12.1. The number of rotatable bonds is 4. The highest BCUT2D eigenvalue weighted by molar-refractivity contribution is 7.99. The second-order valence-electron chi connectivity index (χ2n) is 5.70. The maximum absolute atomic E-state index is 13.8. The molecule has 0 aliphatic carbocycles. The van der Waals surface area contributed by atoms with E-state index in [4.69, 9.17) is 4.74 Å². The van der Waals surface area contributed by atoms with Crippen molar-refractivity contribution in [3.05, 3.63) is 53.0 Å². The van der Waals surface area contributed by atoms with Gasteiger partial charge in [-0.2, -0.15) is 0 Å². The highest BCUT2D eigenvalue weighted by atomic mass is 32.2. The normalized spacial score (nSPS) is 14.5. The average Bonchev–Trinajstić information content (AvgIpc) is 2.83. The molecule has 7 heteroatoms. The zero-order chi connectivity index (χ0) is 17.8. The summed E-state index contributed by atoms with van der Waals surface area (Å²) in [6, 6.07) is 6.53. The molecule has 1 aromatic heterocycles. The Bertz CT molecular complexity index is 785. The zero-order valence-corrected chi connectivity index (χ0v) is 14.9. The van der Waals surface area contributed by atoms with Gasteiger partial charge in [0.25, 0.3) is 0 Å². The third kappa shape index (κ3) is 4.11. The Morgan fingerprint density at radius 1 is 1.36 bits per heavy atom. The van der Waals surface area contributed by atoms with E-state index in [-0.39, 0.29) is 5.56 Å². The fourth-order valence-electron chi connectivity index (χ4n) is 2.76. The third-order valence-corrected chi connectivity index (χ3v) is 5.10. The highest BCUT2D eigenvalue weighted by Crippen LogP contribution is 2.29. The number of aromatic nitrogens is 1. The number of nitrogens with zero attached hydrogens (tertiary/aromatic N) is 2. The Hall–Kier alpha value is -2.12. The van der Waals surface area contributed by atoms with Gasteiger partial charge in [-0.25, -0.2) is 14.2 Å². The monoisotopic (exact) mass is 362 g/mol. The number of ether oxygens (including phenoxy) is 2. The van der Waals surface area contributed by atoms with Gasteiger partial charge in [0.15, 0.2) is 0 Å². The van der Waals surface area contributed by atoms with Gasteiger partial charge in [-0.3, -0.25) is 4.90 Å². The molecule has 132 valence electrons. The zero-order valence-electron chi connectivity index (χ0n) is 14.1. The number of hydrogen-bond donors (Lipinski definition) is 0. The van der Waals surface area contributed by atoms with Crippen LogP contribution >= 0.6 is 11.8 Å². The standard InChI is InChI=1S/C18H19FN2O3S/c1-23-17-8-13-11-21(5-6-25-16(13)9-20-17)10-12-3-4-15(19)14(7-12)18(22)24-2/h3-4,7-9H,5-6,10-11H2,1-2H3. The maximum Gasteiger partial charge on any atom is 0.340 e. The third-order valence-electron chi connectivity index (χ3n) is 4.03. The number of methoxy groups -OCH3 is 2. The van der Waals surface area contributed by atoms with Crippen LogP contribution in [0.1, 0.15) is 21.5 Å². The number of carbonyl (C=O) groups excluding carboxylic acids is 1. The van der Waals surface area contributed by atoms with E-state index in [0.717, 1.165) is 34.9 Å². The molecule has 0 amide bonds. The Morgan fingerprint density at radius 3 is 2.96 bits per heavy atom. The summed E-state index contributed by atoms with van der Waals surface area (Å²) >= 11 is 1.76. The Kier molecular flexibility index (Phi) is 5.55. The van der Waals surface area contributed by atoms with Crippen LogP contribution in [0.2, 0.25) is 0 Å². The molecular weight excluding hydrogens is 343 g/mol. The summed E-state index contributed by atoms with van der Waals surface area (Å²) in [5.74, 6) is 0.303. The summed E-state index contributed by atoms with van der Waals surface area (Å²) < 4.78 is 23.6. The molecule has 0 fully saturated rings. The van der Waals surface area contributed by atoms with Crippen molar-refractivity contribution < 1.29 is 18.7 Å². The van der Waals surface area contributed by atoms with E-state index in [0.29, 0.717) is 12.4 Å². The van der Waals surface area contributed by atoms with Gasteiger partial charge in [0.05, 0.1) is 19.8 Å². The van der Waals surface area contributed by atoms with Crippen molar-refractivity contribution in [2.24, 2.45) is 0 Å². The van der Waals surface area contributed by atoms with Crippen LogP contribution in [0.15, 0.2) is 35.4 Å². The van der Waals surface area contributed by atoms with Crippen LogP contribution in [-0.4, -0.2) is 42.4 Å². The van der Waals surface area contributed by atoms with Crippen molar-refractivity contribution in [2.45, 2.75) is 18.0 Å². The largest absolute Gasteiger partial charge is 0.481 e. The molecule has 0 spiro atoms. The number of benzene rings is 1. The van der Waals surface area contributed by atoms with Gasteiger partial charge in [-0.15, -0.1) is 11.8 Å². The van der Waals surface area contributed by atoms with Gasteiger partial charge in [0.1, 0.15) is 5.82 Å². The van der Waals surface area contributed by atoms with Gasteiger partial charge in [-0.05, 0) is 23.3 Å². The molecular formula is C18H19FN2O3S. The van der Waals surface area contributed by atoms with Crippen molar-refractivity contribution in [3.63, 3.8) is 0 Å². The molecule has 0 radical (unpaired) electrons. The molecule has 0 unspecified atom stereocenters. The maximum atomic E-state index is 13.8. The van der Waals surface area contributed by atoms with E-state index < -0.39 is 11.8 Å². The van der Waals surface area contributed by atoms with Crippen LogP contribution in [0.4, 0.5) is 4.39 Å². The molecule has 0 atom stereocenters. The van der Waals surface area contributed by atoms with Gasteiger partial charge in [-0.1, -0.05) is 6.07 Å². The van der Waals surface area contributed by atoms with E-state index >= 15 is 0 Å². The minimum absolute atomic E-state index is 0.0320. The van der Waals surface area contributed by atoms with E-state index in [1.807, 2.05) is 12.3 Å². The van der Waals surface area contributed by atoms with E-state index in [9.17, 15) is 9.18 Å². The molecule has 2 aromatic rings. The van der Waals surface area contributed by atoms with Crippen LogP contribution in [0, 0.1) is 5.82 Å². The Balaban J connectivity index is 1.80. The predicted molar refractivity (Wildman–Crippen MR) is 93.4 cm³/mol. The molecule has 0 saturated heterocycles. The molecule has 2 heterocycles. The number of thioether (sulfide) groups is 1. The molecule has 25 heavy (non-hydrogen) atoms. The first-order valence-electron chi connectivity index (χ1n) is 7.85. The number of hydrogen-bond acceptors (Lipinski definition) is 6. The fraction of sp³-hybridized carbons (Fsp3) is 0.333. The number of pyridine rings is 1. The summed E-state index contributed by atoms with van der Waals surface area (Å²) in [5.41, 5.74) is 2.00. The summed E-state index contributed by atoms with van der Waals surface area (Å²) in [5, 5.41) is 0. The van der Waals surface area contributed by atoms with Crippen LogP contribution in [-0.2, 0) is 17.8 Å². The van der Waals surface area contributed by atoms with E-state index in [1.165, 1.54) is 13.2 Å². The Labute approximate surface area is 150 Å². The fourth-order valence-corrected chi connectivity index (χ4v) is 3.77. The van der Waals surface area contributed by atoms with Crippen molar-refractivity contribution >= 4 is 17.7 Å². The molecule has 0 bridgehead atoms. The molecule has 5 nitrogen and oxygen atoms in total. The second-order valence-corrected chi connectivity index (χ2v) is 6.84. The quantitative estimate of drug-likeness (QED) is 0.779. The molecule has 0 saturated carbocycles. The number of carbonyl (C=O) groups is 1. The minimum Gasteiger partial charge on any atom is -0.481 e. The lowest BCUT2D eigenvalue weighted by atomic mass is 10.1. The van der Waals surface area contributed by atoms with Crippen LogP contribution in [0.3, 0.4) is 0 Å². The number of halogens is 1. The van der Waals surface area contributed by atoms with Gasteiger partial charge in [0.2, 0.25) is 5.88 Å². The van der Waals surface area contributed by atoms with Gasteiger partial charge >= 0.3 is 5.97 Å². The van der Waals surface area contributed by atoms with Crippen molar-refractivity contribution in [1.29, 1.82) is 0 Å². The first-order valence-corrected chi connectivity index (χ1v) is 8.84. The lowest BCUT2D eigenvalue weighted by Crippen LogP contribution is -2.24. The lowest BCUT2D eigenvalue weighted by Gasteiger charge is -2.20. The average molecular weight is 362 g/mol. The van der Waals surface area contributed by atoms with E-state index in [1.54, 1.807) is 31.0 Å². The van der Waals surface area contributed by atoms with Crippen LogP contribution in [0.5, 0.6) is 5.88 Å². The van der Waals surface area contributed by atoms with Gasteiger partial charge in [0, 0.05) is 42.5 Å². The summed E-state index contributed by atoms with van der Waals surface area (Å²) in [6.07, 6.45) is 1.84. The molecule has 1 aliphatic rings. The highest BCUT2D eigenvalue weighted by Gasteiger charge is 2.18. The molecule has 3 rings (SSSR count). The molecule has 0 N–H and O–H groups in total. The van der Waals surface area contributed by atoms with Crippen LogP contribution < -0.4 is 4.74 Å². The van der Waals surface area contributed by atoms with Crippen molar-refractivity contribution in [3.8, 4) is 5.88 Å². The minimum atomic E-state index is -0.660. The number of fused-ring (bicyclic) bond motifs is 1. The smallest absolute Gasteiger partial charge is 0.340 e. The summed E-state index contributed by atoms with van der Waals surface area (Å²) in [7, 11) is 2.85. The second kappa shape index (κ2) is 7.84. The number of esters is 1. The molecule has 1 aliphatic heterocycles.